The molecule has 1 N–H and O–H groups in total. The molecule has 0 aromatic rings. The number of carbonyl (C=O) groups is 1. The fourth-order valence-corrected chi connectivity index (χ4v) is 2.91. The van der Waals surface area contributed by atoms with Crippen LogP contribution < -0.4 is 0 Å². The van der Waals surface area contributed by atoms with Gasteiger partial charge in [-0.1, -0.05) is 12.7 Å². The fourth-order valence-electron chi connectivity index (χ4n) is 2.91. The van der Waals surface area contributed by atoms with Gasteiger partial charge in [0.25, 0.3) is 0 Å². The Morgan fingerprint density at radius 1 is 1.40 bits per heavy atom. The number of aliphatic hydroxyl groups excluding tert-OH is 1. The Kier molecular flexibility index (Phi) is 6.33. The average Bonchev–Trinajstić information content (AvgIpc) is 3.27. The van der Waals surface area contributed by atoms with E-state index in [1.165, 1.54) is 0 Å². The van der Waals surface area contributed by atoms with Gasteiger partial charge in [0, 0.05) is 13.2 Å². The highest BCUT2D eigenvalue weighted by Crippen LogP contribution is 2.44. The summed E-state index contributed by atoms with van der Waals surface area (Å²) in [5.41, 5.74) is 0.617. The Bertz CT molecular complexity index is 559. The molecule has 1 aliphatic heterocycles. The number of ether oxygens (including phenoxy) is 2. The summed E-state index contributed by atoms with van der Waals surface area (Å²) < 4.78 is 11.3. The molecule has 0 spiro atoms. The Labute approximate surface area is 151 Å². The molecule has 5 nitrogen and oxygen atoms in total. The molecular formula is C20H31NO4. The lowest BCUT2D eigenvalue weighted by atomic mass is 10.1. The van der Waals surface area contributed by atoms with E-state index >= 15 is 0 Å². The second-order valence-corrected chi connectivity index (χ2v) is 7.75. The molecule has 5 heteroatoms. The summed E-state index contributed by atoms with van der Waals surface area (Å²) >= 11 is 0. The van der Waals surface area contributed by atoms with Crippen molar-refractivity contribution in [2.75, 3.05) is 19.8 Å². The molecule has 0 unspecified atom stereocenters. The normalized spacial score (nSPS) is 26.8. The van der Waals surface area contributed by atoms with E-state index in [1.54, 1.807) is 4.90 Å². The van der Waals surface area contributed by atoms with E-state index < -0.39 is 5.60 Å². The Morgan fingerprint density at radius 2 is 2.12 bits per heavy atom. The molecule has 140 valence electrons. The molecule has 3 atom stereocenters. The first-order valence-corrected chi connectivity index (χ1v) is 9.02. The molecule has 0 aromatic carbocycles. The van der Waals surface area contributed by atoms with E-state index in [0.29, 0.717) is 25.0 Å². The molecule has 2 fully saturated rings. The predicted octanol–water partition coefficient (Wildman–Crippen LogP) is 3.66. The first-order chi connectivity index (χ1) is 11.8. The van der Waals surface area contributed by atoms with Crippen LogP contribution in [0.2, 0.25) is 0 Å². The van der Waals surface area contributed by atoms with Crippen LogP contribution in [0, 0.1) is 11.8 Å². The third-order valence-corrected chi connectivity index (χ3v) is 4.63. The Balaban J connectivity index is 1.87. The lowest BCUT2D eigenvalue weighted by Crippen LogP contribution is -2.54. The zero-order chi connectivity index (χ0) is 18.6. The standard InChI is InChI=1S/C20H31NO4/c1-6-14(18-11-15(18)12-22)10-17(7-2)24-13-16-8-9-21(16)19(23)25-20(3,4)5/h6-7,10,15-16,18,22H,1,8-9,11-13H2,2-5H3/b14-10+,17-7+/t15-,16+,18-/m1/s1. The maximum absolute atomic E-state index is 12.1. The summed E-state index contributed by atoms with van der Waals surface area (Å²) in [4.78, 5) is 13.9. The van der Waals surface area contributed by atoms with Gasteiger partial charge in [0.05, 0.1) is 6.04 Å². The summed E-state index contributed by atoms with van der Waals surface area (Å²) in [6.45, 7) is 12.8. The van der Waals surface area contributed by atoms with E-state index in [9.17, 15) is 9.90 Å². The summed E-state index contributed by atoms with van der Waals surface area (Å²) in [5, 5.41) is 9.23. The van der Waals surface area contributed by atoms with Crippen molar-refractivity contribution in [3.8, 4) is 0 Å². The second-order valence-electron chi connectivity index (χ2n) is 7.75. The Hall–Kier alpha value is -1.75. The topological polar surface area (TPSA) is 59.0 Å². The van der Waals surface area contributed by atoms with Gasteiger partial charge in [0.2, 0.25) is 0 Å². The van der Waals surface area contributed by atoms with Gasteiger partial charge in [-0.25, -0.2) is 4.79 Å². The van der Waals surface area contributed by atoms with Crippen LogP contribution in [-0.4, -0.2) is 47.5 Å². The van der Waals surface area contributed by atoms with Crippen molar-refractivity contribution in [1.29, 1.82) is 0 Å². The van der Waals surface area contributed by atoms with Crippen molar-refractivity contribution in [3.05, 3.63) is 36.1 Å². The number of hydrogen-bond acceptors (Lipinski definition) is 4. The molecule has 25 heavy (non-hydrogen) atoms. The van der Waals surface area contributed by atoms with Gasteiger partial charge in [-0.2, -0.15) is 0 Å². The smallest absolute Gasteiger partial charge is 0.410 e. The predicted molar refractivity (Wildman–Crippen MR) is 98.0 cm³/mol. The van der Waals surface area contributed by atoms with Crippen LogP contribution in [-0.2, 0) is 9.47 Å². The molecular weight excluding hydrogens is 318 g/mol. The molecule has 0 aromatic heterocycles. The van der Waals surface area contributed by atoms with Crippen LogP contribution in [0.3, 0.4) is 0 Å². The van der Waals surface area contributed by atoms with Crippen LogP contribution in [0.4, 0.5) is 4.79 Å². The Morgan fingerprint density at radius 3 is 2.56 bits per heavy atom. The number of aliphatic hydroxyl groups is 1. The monoisotopic (exact) mass is 349 g/mol. The lowest BCUT2D eigenvalue weighted by molar-refractivity contribution is -0.0196. The highest BCUT2D eigenvalue weighted by Gasteiger charge is 2.38. The minimum atomic E-state index is -0.484. The maximum atomic E-state index is 12.1. The van der Waals surface area contributed by atoms with Gasteiger partial charge in [-0.15, -0.1) is 0 Å². The van der Waals surface area contributed by atoms with E-state index in [0.717, 1.165) is 24.2 Å². The molecule has 1 saturated heterocycles. The maximum Gasteiger partial charge on any atom is 0.410 e. The number of carbonyl (C=O) groups excluding carboxylic acids is 1. The van der Waals surface area contributed by atoms with Crippen molar-refractivity contribution in [3.63, 3.8) is 0 Å². The van der Waals surface area contributed by atoms with E-state index in [-0.39, 0.29) is 18.7 Å². The largest absolute Gasteiger partial charge is 0.492 e. The van der Waals surface area contributed by atoms with Crippen LogP contribution in [0.1, 0.15) is 40.5 Å². The van der Waals surface area contributed by atoms with Crippen molar-refractivity contribution in [1.82, 2.24) is 4.90 Å². The second kappa shape index (κ2) is 8.09. The van der Waals surface area contributed by atoms with Crippen LogP contribution >= 0.6 is 0 Å². The van der Waals surface area contributed by atoms with Gasteiger partial charge < -0.3 is 19.5 Å². The molecule has 0 radical (unpaired) electrons. The van der Waals surface area contributed by atoms with Crippen molar-refractivity contribution in [2.45, 2.75) is 52.2 Å². The van der Waals surface area contributed by atoms with Gasteiger partial charge in [0.15, 0.2) is 0 Å². The minimum absolute atomic E-state index is 0.0523. The number of likely N-dealkylation sites (tertiary alicyclic amines) is 1. The van der Waals surface area contributed by atoms with E-state index in [2.05, 4.69) is 6.58 Å². The van der Waals surface area contributed by atoms with Crippen molar-refractivity contribution < 1.29 is 19.4 Å². The van der Waals surface area contributed by atoms with Crippen LogP contribution in [0.25, 0.3) is 0 Å². The quantitative estimate of drug-likeness (QED) is 0.563. The highest BCUT2D eigenvalue weighted by molar-refractivity contribution is 5.69. The zero-order valence-corrected chi connectivity index (χ0v) is 15.8. The lowest BCUT2D eigenvalue weighted by Gasteiger charge is -2.41. The fraction of sp³-hybridized carbons (Fsp3) is 0.650. The number of nitrogens with zero attached hydrogens (tertiary/aromatic N) is 1. The number of allylic oxidation sites excluding steroid dienone is 4. The molecule has 2 rings (SSSR count). The molecule has 1 saturated carbocycles. The number of hydrogen-bond donors (Lipinski definition) is 1. The first-order valence-electron chi connectivity index (χ1n) is 9.02. The highest BCUT2D eigenvalue weighted by atomic mass is 16.6. The molecule has 1 aliphatic carbocycles. The van der Waals surface area contributed by atoms with Crippen molar-refractivity contribution >= 4 is 6.09 Å². The summed E-state index contributed by atoms with van der Waals surface area (Å²) in [6, 6.07) is 0.0523. The summed E-state index contributed by atoms with van der Waals surface area (Å²) in [7, 11) is 0. The van der Waals surface area contributed by atoms with Crippen molar-refractivity contribution in [2.24, 2.45) is 11.8 Å². The van der Waals surface area contributed by atoms with Crippen LogP contribution in [0.5, 0.6) is 0 Å². The first kappa shape index (κ1) is 19.6. The van der Waals surface area contributed by atoms with Gasteiger partial charge in [0.1, 0.15) is 18.0 Å². The number of rotatable bonds is 7. The molecule has 1 heterocycles. The third kappa shape index (κ3) is 5.36. The van der Waals surface area contributed by atoms with Gasteiger partial charge in [-0.05, 0) is 70.1 Å². The van der Waals surface area contributed by atoms with E-state index in [1.807, 2.05) is 45.9 Å². The van der Waals surface area contributed by atoms with E-state index in [4.69, 9.17) is 9.47 Å². The third-order valence-electron chi connectivity index (χ3n) is 4.63. The van der Waals surface area contributed by atoms with Gasteiger partial charge >= 0.3 is 6.09 Å². The molecule has 1 amide bonds. The average molecular weight is 349 g/mol. The van der Waals surface area contributed by atoms with Crippen LogP contribution in [0.15, 0.2) is 36.1 Å². The van der Waals surface area contributed by atoms with Gasteiger partial charge in [-0.3, -0.25) is 0 Å². The molecule has 2 aliphatic rings. The molecule has 0 bridgehead atoms. The SMILES string of the molecule is C=C/C(=C\C(=C/C)OC[C@@H]1CCN1C(=O)OC(C)(C)C)[C@H]1C[C@@H]1CO. The zero-order valence-electron chi connectivity index (χ0n) is 15.8. The summed E-state index contributed by atoms with van der Waals surface area (Å²) in [6.07, 6.45) is 7.38. The summed E-state index contributed by atoms with van der Waals surface area (Å²) in [5.74, 6) is 1.49. The number of amides is 1. The minimum Gasteiger partial charge on any atom is -0.492 e.